The fourth-order valence-electron chi connectivity index (χ4n) is 1.35. The first-order valence-electron chi connectivity index (χ1n) is 5.87. The maximum Gasteiger partial charge on any atom is 0.332 e. The van der Waals surface area contributed by atoms with E-state index in [9.17, 15) is 14.0 Å². The number of carboxylic acids is 2. The van der Waals surface area contributed by atoms with E-state index in [4.69, 9.17) is 20.7 Å². The highest BCUT2D eigenvalue weighted by atomic mass is 19.1. The molecule has 18 heavy (non-hydrogen) atoms. The normalized spacial score (nSPS) is 14.1. The monoisotopic (exact) mass is 265 g/mol. The molecular weight excluding hydrogens is 245 g/mol. The summed E-state index contributed by atoms with van der Waals surface area (Å²) in [6.07, 6.45) is 1.11. The lowest BCUT2D eigenvalue weighted by Crippen LogP contribution is -2.38. The topological polar surface area (TPSA) is 110 Å². The molecule has 0 saturated heterocycles. The van der Waals surface area contributed by atoms with Gasteiger partial charge < -0.3 is 20.7 Å². The molecule has 0 heterocycles. The largest absolute Gasteiger partial charge is 0.480 e. The summed E-state index contributed by atoms with van der Waals surface area (Å²) >= 11 is 0. The first kappa shape index (κ1) is 16.8. The molecule has 0 aliphatic heterocycles. The minimum atomic E-state index is -1.26. The molecule has 106 valence electrons. The van der Waals surface area contributed by atoms with Crippen LogP contribution in [0.3, 0.4) is 0 Å². The number of unbranched alkanes of at least 4 members (excludes halogenated alkanes) is 3. The van der Waals surface area contributed by atoms with E-state index in [1.807, 2.05) is 0 Å². The van der Waals surface area contributed by atoms with Crippen LogP contribution in [0, 0.1) is 0 Å². The number of nitrogens with two attached hydrogens (primary N) is 1. The predicted octanol–water partition coefficient (Wildman–Crippen LogP) is 0.788. The Hall–Kier alpha value is -1.21. The first-order chi connectivity index (χ1) is 8.49. The van der Waals surface area contributed by atoms with E-state index in [-0.39, 0.29) is 19.7 Å². The molecule has 0 aromatic carbocycles. The van der Waals surface area contributed by atoms with Gasteiger partial charge >= 0.3 is 11.9 Å². The van der Waals surface area contributed by atoms with Crippen LogP contribution < -0.4 is 5.73 Å². The van der Waals surface area contributed by atoms with Gasteiger partial charge in [0.1, 0.15) is 6.04 Å². The Kier molecular flexibility index (Phi) is 9.13. The van der Waals surface area contributed by atoms with Crippen molar-refractivity contribution in [1.82, 2.24) is 0 Å². The summed E-state index contributed by atoms with van der Waals surface area (Å²) in [5.41, 5.74) is 5.24. The highest BCUT2D eigenvalue weighted by molar-refractivity contribution is 5.76. The summed E-state index contributed by atoms with van der Waals surface area (Å²) in [6.45, 7) is -0.151. The van der Waals surface area contributed by atoms with Crippen molar-refractivity contribution in [3.05, 3.63) is 0 Å². The summed E-state index contributed by atoms with van der Waals surface area (Å²) in [5.74, 6) is -2.48. The van der Waals surface area contributed by atoms with Crippen LogP contribution in [0.2, 0.25) is 0 Å². The van der Waals surface area contributed by atoms with Gasteiger partial charge in [0.2, 0.25) is 0 Å². The Bertz CT molecular complexity index is 262. The number of hydrogen-bond acceptors (Lipinski definition) is 4. The lowest BCUT2D eigenvalue weighted by molar-refractivity contribution is -0.152. The van der Waals surface area contributed by atoms with E-state index in [1.165, 1.54) is 0 Å². The number of aliphatic carboxylic acids is 2. The molecule has 6 nitrogen and oxygen atoms in total. The van der Waals surface area contributed by atoms with Gasteiger partial charge in [-0.25, -0.2) is 4.79 Å². The van der Waals surface area contributed by atoms with E-state index in [1.54, 1.807) is 0 Å². The lowest BCUT2D eigenvalue weighted by atomic mass is 10.1. The second-order valence-corrected chi connectivity index (χ2v) is 3.98. The number of hydrogen-bond donors (Lipinski definition) is 3. The first-order valence-corrected chi connectivity index (χ1v) is 5.87. The van der Waals surface area contributed by atoms with Crippen molar-refractivity contribution < 1.29 is 28.9 Å². The van der Waals surface area contributed by atoms with Gasteiger partial charge in [-0.15, -0.1) is 0 Å². The standard InChI is InChI=1S/C11H20FNO5/c12-5-3-1-2-4-6-18-9(11(16)17)7-8(13)10(14)15/h8-9H,1-7,13H2,(H,14,15)(H,16,17)/i12+0. The third-order valence-electron chi connectivity index (χ3n) is 2.41. The van der Waals surface area contributed by atoms with Crippen molar-refractivity contribution in [2.24, 2.45) is 5.73 Å². The van der Waals surface area contributed by atoms with Crippen molar-refractivity contribution >= 4 is 11.9 Å². The zero-order chi connectivity index (χ0) is 14.0. The number of ether oxygens (including phenoxy) is 1. The second-order valence-electron chi connectivity index (χ2n) is 3.98. The Labute approximate surface area is 105 Å². The van der Waals surface area contributed by atoms with E-state index < -0.39 is 24.1 Å². The van der Waals surface area contributed by atoms with Gasteiger partial charge in [-0.05, 0) is 12.8 Å². The maximum absolute atomic E-state index is 11.8. The van der Waals surface area contributed by atoms with E-state index in [0.717, 1.165) is 12.8 Å². The van der Waals surface area contributed by atoms with Gasteiger partial charge in [0.05, 0.1) is 6.67 Å². The van der Waals surface area contributed by atoms with Gasteiger partial charge in [0, 0.05) is 13.0 Å². The molecule has 7 heteroatoms. The summed E-state index contributed by atoms with van der Waals surface area (Å²) in [7, 11) is 0. The quantitative estimate of drug-likeness (QED) is 0.476. The zero-order valence-corrected chi connectivity index (χ0v) is 10.2. The minimum Gasteiger partial charge on any atom is -0.480 e. The van der Waals surface area contributed by atoms with Crippen molar-refractivity contribution in [2.75, 3.05) is 13.3 Å². The second kappa shape index (κ2) is 9.78. The summed E-state index contributed by atoms with van der Waals surface area (Å²) in [5, 5.41) is 17.4. The van der Waals surface area contributed by atoms with Gasteiger partial charge in [-0.1, -0.05) is 12.8 Å². The van der Waals surface area contributed by atoms with E-state index >= 15 is 0 Å². The highest BCUT2D eigenvalue weighted by Crippen LogP contribution is 2.06. The van der Waals surface area contributed by atoms with Gasteiger partial charge in [0.25, 0.3) is 0 Å². The Balaban J connectivity index is 3.84. The Morgan fingerprint density at radius 2 is 1.72 bits per heavy atom. The van der Waals surface area contributed by atoms with Crippen LogP contribution in [0.1, 0.15) is 32.1 Å². The molecule has 0 radical (unpaired) electrons. The van der Waals surface area contributed by atoms with Gasteiger partial charge in [0.15, 0.2) is 6.10 Å². The van der Waals surface area contributed by atoms with Crippen molar-refractivity contribution in [3.8, 4) is 0 Å². The van der Waals surface area contributed by atoms with Crippen LogP contribution in [0.25, 0.3) is 0 Å². The molecule has 0 rings (SSSR count). The number of carbonyl (C=O) groups is 2. The molecule has 2 atom stereocenters. The molecule has 0 aromatic rings. The molecule has 0 aliphatic rings. The van der Waals surface area contributed by atoms with E-state index in [0.29, 0.717) is 12.8 Å². The lowest BCUT2D eigenvalue weighted by Gasteiger charge is -2.15. The molecule has 0 spiro atoms. The molecule has 0 saturated carbocycles. The van der Waals surface area contributed by atoms with Crippen molar-refractivity contribution in [2.45, 2.75) is 44.2 Å². The number of halogens is 1. The van der Waals surface area contributed by atoms with Gasteiger partial charge in [-0.3, -0.25) is 9.18 Å². The van der Waals surface area contributed by atoms with Crippen LogP contribution in [-0.4, -0.2) is 47.6 Å². The third kappa shape index (κ3) is 7.97. The van der Waals surface area contributed by atoms with Crippen molar-refractivity contribution in [3.63, 3.8) is 0 Å². The average Bonchev–Trinajstić information content (AvgIpc) is 2.31. The molecule has 0 amide bonds. The Morgan fingerprint density at radius 1 is 1.11 bits per heavy atom. The third-order valence-corrected chi connectivity index (χ3v) is 2.41. The molecule has 0 fully saturated rings. The van der Waals surface area contributed by atoms with Crippen molar-refractivity contribution in [1.29, 1.82) is 0 Å². The number of carboxylic acid groups (broad SMARTS) is 2. The fraction of sp³-hybridized carbons (Fsp3) is 0.818. The number of rotatable bonds is 11. The average molecular weight is 265 g/mol. The van der Waals surface area contributed by atoms with E-state index in [2.05, 4.69) is 0 Å². The van der Waals surface area contributed by atoms with Crippen LogP contribution in [0.15, 0.2) is 0 Å². The molecule has 2 unspecified atom stereocenters. The fourth-order valence-corrected chi connectivity index (χ4v) is 1.35. The highest BCUT2D eigenvalue weighted by Gasteiger charge is 2.24. The van der Waals surface area contributed by atoms with Crippen LogP contribution >= 0.6 is 0 Å². The molecule has 0 aliphatic carbocycles. The molecule has 0 aromatic heterocycles. The number of alkyl halides is 1. The summed E-state index contributed by atoms with van der Waals surface area (Å²) in [6, 6.07) is -1.25. The maximum atomic E-state index is 11.8. The molecule has 4 N–H and O–H groups in total. The summed E-state index contributed by atoms with van der Waals surface area (Å²) in [4.78, 5) is 21.3. The SMILES string of the molecule is NC(CC(OCCCCCC[19F])C(=O)O)C(=O)O. The smallest absolute Gasteiger partial charge is 0.332 e. The van der Waals surface area contributed by atoms with Crippen LogP contribution in [0.5, 0.6) is 0 Å². The summed E-state index contributed by atoms with van der Waals surface area (Å²) < 4.78 is 16.8. The van der Waals surface area contributed by atoms with Gasteiger partial charge in [-0.2, -0.15) is 0 Å². The predicted molar refractivity (Wildman–Crippen MR) is 62.0 cm³/mol. The van der Waals surface area contributed by atoms with Crippen LogP contribution in [-0.2, 0) is 14.3 Å². The Morgan fingerprint density at radius 3 is 2.22 bits per heavy atom. The minimum absolute atomic E-state index is 0.204. The van der Waals surface area contributed by atoms with Crippen LogP contribution in [0.4, 0.5) is 4.39 Å². The molecule has 0 bridgehead atoms. The molecular formula is C11H20FNO5. The zero-order valence-electron chi connectivity index (χ0n) is 10.2.